The highest BCUT2D eigenvalue weighted by atomic mass is 35.5. The van der Waals surface area contributed by atoms with Gasteiger partial charge in [-0.2, -0.15) is 0 Å². The summed E-state index contributed by atoms with van der Waals surface area (Å²) in [4.78, 5) is 26.4. The van der Waals surface area contributed by atoms with Crippen LogP contribution in [0.4, 0.5) is 5.00 Å². The molecule has 8 nitrogen and oxygen atoms in total. The predicted octanol–water partition coefficient (Wildman–Crippen LogP) is 6.69. The summed E-state index contributed by atoms with van der Waals surface area (Å²) in [7, 11) is 3.19. The van der Waals surface area contributed by atoms with Gasteiger partial charge in [0.2, 0.25) is 5.91 Å². The molecule has 2 aromatic carbocycles. The maximum Gasteiger partial charge on any atom is 0.341 e. The number of aromatic nitrogens is 3. The smallest absolute Gasteiger partial charge is 0.341 e. The molecule has 0 saturated carbocycles. The summed E-state index contributed by atoms with van der Waals surface area (Å²) in [5, 5.41) is 13.4. The van der Waals surface area contributed by atoms with Gasteiger partial charge in [0, 0.05) is 28.9 Å². The number of benzene rings is 2. The van der Waals surface area contributed by atoms with Gasteiger partial charge in [-0.25, -0.2) is 4.79 Å². The van der Waals surface area contributed by atoms with Crippen LogP contribution in [0.15, 0.2) is 53.7 Å². The van der Waals surface area contributed by atoms with E-state index in [1.807, 2.05) is 48.9 Å². The summed E-state index contributed by atoms with van der Waals surface area (Å²) in [6, 6.07) is 14.7. The van der Waals surface area contributed by atoms with Crippen LogP contribution in [0.25, 0.3) is 11.1 Å². The number of nitrogens with one attached hydrogen (secondary N) is 1. The van der Waals surface area contributed by atoms with Gasteiger partial charge in [0.05, 0.1) is 24.5 Å². The molecule has 0 radical (unpaired) electrons. The van der Waals surface area contributed by atoms with Crippen LogP contribution < -0.4 is 10.1 Å². The fourth-order valence-electron chi connectivity index (χ4n) is 3.87. The van der Waals surface area contributed by atoms with Crippen molar-refractivity contribution in [1.82, 2.24) is 14.8 Å². The topological polar surface area (TPSA) is 95.3 Å². The molecule has 0 aliphatic heterocycles. The Hall–Kier alpha value is -3.05. The molecule has 12 heteroatoms. The number of carbonyl (C=O) groups is 2. The second kappa shape index (κ2) is 13.3. The summed E-state index contributed by atoms with van der Waals surface area (Å²) in [5.74, 6) is 0.694. The minimum atomic E-state index is -0.499. The number of halogens is 2. The Morgan fingerprint density at radius 3 is 2.62 bits per heavy atom. The van der Waals surface area contributed by atoms with Crippen LogP contribution in [0.3, 0.4) is 0 Å². The summed E-state index contributed by atoms with van der Waals surface area (Å²) in [6.07, 6.45) is 1.34. The first kappa shape index (κ1) is 28.9. The number of amides is 1. The lowest BCUT2D eigenvalue weighted by Gasteiger charge is -2.09. The maximum atomic E-state index is 12.8. The Morgan fingerprint density at radius 2 is 1.90 bits per heavy atom. The Bertz CT molecular complexity index is 1470. The fraction of sp³-hybridized carbons (Fsp3) is 0.259. The molecule has 0 unspecified atom stereocenters. The first-order valence-corrected chi connectivity index (χ1v) is 14.5. The maximum absolute atomic E-state index is 12.8. The lowest BCUT2D eigenvalue weighted by Crippen LogP contribution is -2.16. The predicted molar refractivity (Wildman–Crippen MR) is 156 cm³/mol. The van der Waals surface area contributed by atoms with Crippen LogP contribution in [0, 0.1) is 6.92 Å². The van der Waals surface area contributed by atoms with Crippen molar-refractivity contribution in [2.75, 3.05) is 24.8 Å². The van der Waals surface area contributed by atoms with E-state index in [4.69, 9.17) is 32.7 Å². The number of ether oxygens (including phenoxy) is 2. The molecule has 1 N–H and O–H groups in total. The summed E-state index contributed by atoms with van der Waals surface area (Å²) >= 11 is 14.7. The summed E-state index contributed by atoms with van der Waals surface area (Å²) in [5.41, 5.74) is 2.00. The van der Waals surface area contributed by atoms with Crippen molar-refractivity contribution in [3.05, 3.63) is 74.8 Å². The van der Waals surface area contributed by atoms with Crippen LogP contribution in [0.5, 0.6) is 5.75 Å². The average Bonchev–Trinajstić information content (AvgIpc) is 3.44. The van der Waals surface area contributed by atoms with Crippen LogP contribution in [-0.2, 0) is 23.0 Å². The quantitative estimate of drug-likeness (QED) is 0.116. The van der Waals surface area contributed by atoms with Crippen LogP contribution in [0.1, 0.15) is 27.5 Å². The molecule has 0 aliphatic rings. The molecule has 39 heavy (non-hydrogen) atoms. The Kier molecular flexibility index (Phi) is 9.90. The second-order valence-corrected chi connectivity index (χ2v) is 11.4. The number of thiophene rings is 1. The fourth-order valence-corrected chi connectivity index (χ4v) is 6.14. The van der Waals surface area contributed by atoms with Crippen LogP contribution in [-0.4, -0.2) is 46.1 Å². The number of anilines is 1. The van der Waals surface area contributed by atoms with Gasteiger partial charge < -0.3 is 19.4 Å². The van der Waals surface area contributed by atoms with Gasteiger partial charge in [-0.1, -0.05) is 65.3 Å². The van der Waals surface area contributed by atoms with E-state index in [1.165, 1.54) is 30.2 Å². The Morgan fingerprint density at radius 1 is 1.13 bits per heavy atom. The van der Waals surface area contributed by atoms with Crippen molar-refractivity contribution in [2.45, 2.75) is 24.9 Å². The van der Waals surface area contributed by atoms with E-state index in [2.05, 4.69) is 15.5 Å². The number of nitrogens with zero attached hydrogens (tertiary/aromatic N) is 3. The van der Waals surface area contributed by atoms with Crippen molar-refractivity contribution >= 4 is 63.2 Å². The van der Waals surface area contributed by atoms with Gasteiger partial charge in [0.25, 0.3) is 0 Å². The summed E-state index contributed by atoms with van der Waals surface area (Å²) in [6.45, 7) is 2.37. The Balaban J connectivity index is 1.34. The number of rotatable bonds is 11. The van der Waals surface area contributed by atoms with Gasteiger partial charge in [0.15, 0.2) is 5.16 Å². The number of esters is 1. The highest BCUT2D eigenvalue weighted by Crippen LogP contribution is 2.40. The van der Waals surface area contributed by atoms with E-state index < -0.39 is 5.97 Å². The van der Waals surface area contributed by atoms with Crippen molar-refractivity contribution in [3.8, 4) is 16.9 Å². The van der Waals surface area contributed by atoms with E-state index in [9.17, 15) is 9.59 Å². The SMILES string of the molecule is COC(=O)c1c(NC(=O)CSc2nnc(CCCOc3ccc(Cl)cc3Cl)n2C)sc(C)c1-c1ccccc1. The monoisotopic (exact) mass is 604 g/mol. The zero-order chi connectivity index (χ0) is 27.9. The van der Waals surface area contributed by atoms with Crippen LogP contribution >= 0.6 is 46.3 Å². The van der Waals surface area contributed by atoms with Gasteiger partial charge in [-0.05, 0) is 37.1 Å². The van der Waals surface area contributed by atoms with Gasteiger partial charge in [-0.3, -0.25) is 4.79 Å². The van der Waals surface area contributed by atoms with E-state index >= 15 is 0 Å². The number of thioether (sulfide) groups is 1. The normalized spacial score (nSPS) is 10.9. The minimum absolute atomic E-state index is 0.0996. The third-order valence-electron chi connectivity index (χ3n) is 5.74. The molecule has 0 spiro atoms. The highest BCUT2D eigenvalue weighted by Gasteiger charge is 2.25. The van der Waals surface area contributed by atoms with Crippen molar-refractivity contribution in [1.29, 1.82) is 0 Å². The average molecular weight is 606 g/mol. The highest BCUT2D eigenvalue weighted by molar-refractivity contribution is 7.99. The van der Waals surface area contributed by atoms with E-state index in [1.54, 1.807) is 18.2 Å². The van der Waals surface area contributed by atoms with Crippen LogP contribution in [0.2, 0.25) is 10.0 Å². The largest absolute Gasteiger partial charge is 0.492 e. The molecule has 0 aliphatic carbocycles. The van der Waals surface area contributed by atoms with Crippen molar-refractivity contribution < 1.29 is 19.1 Å². The second-order valence-electron chi connectivity index (χ2n) is 8.42. The van der Waals surface area contributed by atoms with Gasteiger partial charge in [-0.15, -0.1) is 21.5 Å². The first-order valence-electron chi connectivity index (χ1n) is 11.9. The molecule has 2 aromatic heterocycles. The van der Waals surface area contributed by atoms with Crippen molar-refractivity contribution in [2.24, 2.45) is 7.05 Å². The molecule has 1 amide bonds. The van der Waals surface area contributed by atoms with Gasteiger partial charge >= 0.3 is 5.97 Å². The number of methoxy groups -OCH3 is 1. The summed E-state index contributed by atoms with van der Waals surface area (Å²) < 4.78 is 12.6. The number of hydrogen-bond donors (Lipinski definition) is 1. The number of hydrogen-bond acceptors (Lipinski definition) is 8. The molecule has 2 heterocycles. The van der Waals surface area contributed by atoms with E-state index in [0.29, 0.717) is 51.0 Å². The van der Waals surface area contributed by atoms with E-state index in [0.717, 1.165) is 21.8 Å². The Labute approximate surface area is 244 Å². The zero-order valence-corrected chi connectivity index (χ0v) is 24.6. The van der Waals surface area contributed by atoms with E-state index in [-0.39, 0.29) is 11.7 Å². The standard InChI is InChI=1S/C27H26Cl2N4O4S2/c1-16-23(17-8-5-4-6-9-17)24(26(35)36-3)25(39-16)30-22(34)15-38-27-32-31-21(33(27)2)10-7-13-37-20-12-11-18(28)14-19(20)29/h4-6,8-9,11-12,14H,7,10,13,15H2,1-3H3,(H,30,34). The molecule has 4 rings (SSSR count). The molecule has 4 aromatic rings. The molecule has 0 saturated heterocycles. The molecule has 0 atom stereocenters. The lowest BCUT2D eigenvalue weighted by atomic mass is 10.0. The number of aryl methyl sites for hydroxylation is 2. The third-order valence-corrected chi connectivity index (χ3v) is 8.31. The minimum Gasteiger partial charge on any atom is -0.492 e. The van der Waals surface area contributed by atoms with Gasteiger partial charge in [0.1, 0.15) is 22.1 Å². The third kappa shape index (κ3) is 7.13. The molecule has 0 bridgehead atoms. The zero-order valence-electron chi connectivity index (χ0n) is 21.5. The lowest BCUT2D eigenvalue weighted by molar-refractivity contribution is -0.113. The number of carbonyl (C=O) groups excluding carboxylic acids is 2. The van der Waals surface area contributed by atoms with Crippen molar-refractivity contribution in [3.63, 3.8) is 0 Å². The molecule has 204 valence electrons. The molecule has 0 fully saturated rings. The first-order chi connectivity index (χ1) is 18.8. The molecular formula is C27H26Cl2N4O4S2. The molecular weight excluding hydrogens is 579 g/mol.